The molecule has 5 nitrogen and oxygen atoms in total. The van der Waals surface area contributed by atoms with Crippen molar-refractivity contribution in [1.29, 1.82) is 0 Å². The summed E-state index contributed by atoms with van der Waals surface area (Å²) in [4.78, 5) is 2.32. The van der Waals surface area contributed by atoms with E-state index in [1.54, 1.807) is 6.20 Å². The second-order valence-electron chi connectivity index (χ2n) is 7.45. The van der Waals surface area contributed by atoms with Gasteiger partial charge in [-0.2, -0.15) is 8.42 Å². The molecule has 0 spiro atoms. The van der Waals surface area contributed by atoms with E-state index in [1.807, 2.05) is 12.1 Å². The van der Waals surface area contributed by atoms with Crippen LogP contribution in [0.1, 0.15) is 43.7 Å². The van der Waals surface area contributed by atoms with Crippen LogP contribution >= 0.6 is 0 Å². The lowest BCUT2D eigenvalue weighted by molar-refractivity contribution is 0.256. The summed E-state index contributed by atoms with van der Waals surface area (Å²) in [5.74, 6) is 0.954. The van der Waals surface area contributed by atoms with Crippen molar-refractivity contribution in [2.45, 2.75) is 39.0 Å². The Morgan fingerprint density at radius 3 is 2.50 bits per heavy atom. The fraction of sp³-hybridized carbons (Fsp3) is 0.556. The van der Waals surface area contributed by atoms with E-state index in [4.69, 9.17) is 5.14 Å². The van der Waals surface area contributed by atoms with E-state index in [2.05, 4.69) is 31.9 Å². The van der Waals surface area contributed by atoms with Gasteiger partial charge in [0.2, 0.25) is 0 Å². The fourth-order valence-electron chi connectivity index (χ4n) is 3.73. The van der Waals surface area contributed by atoms with E-state index >= 15 is 0 Å². The SMILES string of the molecule is CC(C)Cc1ccc2c(c1)c(C1CCN(C)CC1)cn2S(N)(=O)=O. The van der Waals surface area contributed by atoms with Crippen LogP contribution in [0.4, 0.5) is 0 Å². The quantitative estimate of drug-likeness (QED) is 0.923. The van der Waals surface area contributed by atoms with Crippen LogP contribution < -0.4 is 5.14 Å². The largest absolute Gasteiger partial charge is 0.306 e. The topological polar surface area (TPSA) is 68.3 Å². The third-order valence-corrected chi connectivity index (χ3v) is 5.79. The molecule has 24 heavy (non-hydrogen) atoms. The van der Waals surface area contributed by atoms with Gasteiger partial charge >= 0.3 is 10.2 Å². The van der Waals surface area contributed by atoms with Gasteiger partial charge in [-0.25, -0.2) is 9.11 Å². The second-order valence-corrected chi connectivity index (χ2v) is 8.88. The maximum atomic E-state index is 12.0. The van der Waals surface area contributed by atoms with Crippen LogP contribution in [-0.2, 0) is 16.6 Å². The molecule has 0 atom stereocenters. The molecule has 0 aliphatic carbocycles. The minimum absolute atomic E-state index is 0.390. The molecular formula is C18H27N3O2S. The first-order valence-electron chi connectivity index (χ1n) is 8.61. The lowest BCUT2D eigenvalue weighted by atomic mass is 9.88. The molecule has 0 bridgehead atoms. The molecule has 1 aromatic carbocycles. The summed E-state index contributed by atoms with van der Waals surface area (Å²) in [7, 11) is -1.66. The second kappa shape index (κ2) is 6.50. The van der Waals surface area contributed by atoms with E-state index < -0.39 is 10.2 Å². The van der Waals surface area contributed by atoms with E-state index in [9.17, 15) is 8.42 Å². The molecule has 1 aromatic heterocycles. The number of nitrogens with zero attached hydrogens (tertiary/aromatic N) is 2. The number of fused-ring (bicyclic) bond motifs is 1. The Balaban J connectivity index is 2.11. The van der Waals surface area contributed by atoms with E-state index in [0.29, 0.717) is 17.4 Å². The zero-order chi connectivity index (χ0) is 17.5. The number of rotatable bonds is 4. The van der Waals surface area contributed by atoms with Crippen molar-refractivity contribution in [2.24, 2.45) is 11.1 Å². The van der Waals surface area contributed by atoms with E-state index in [-0.39, 0.29) is 0 Å². The number of hydrogen-bond donors (Lipinski definition) is 1. The van der Waals surface area contributed by atoms with Crippen molar-refractivity contribution >= 4 is 21.1 Å². The number of nitrogens with two attached hydrogens (primary N) is 1. The van der Waals surface area contributed by atoms with Crippen LogP contribution in [0.5, 0.6) is 0 Å². The zero-order valence-corrected chi connectivity index (χ0v) is 15.5. The van der Waals surface area contributed by atoms with Gasteiger partial charge < -0.3 is 4.90 Å². The van der Waals surface area contributed by atoms with Crippen molar-refractivity contribution < 1.29 is 8.42 Å². The summed E-state index contributed by atoms with van der Waals surface area (Å²) in [6, 6.07) is 6.07. The molecule has 2 aromatic rings. The van der Waals surface area contributed by atoms with Crippen molar-refractivity contribution in [2.75, 3.05) is 20.1 Å². The summed E-state index contributed by atoms with van der Waals surface area (Å²) < 4.78 is 25.2. The first kappa shape index (κ1) is 17.5. The van der Waals surface area contributed by atoms with Gasteiger partial charge in [-0.05, 0) is 74.5 Å². The Kier molecular flexibility index (Phi) is 4.73. The molecule has 1 saturated heterocycles. The predicted molar refractivity (Wildman–Crippen MR) is 98.5 cm³/mol. The smallest absolute Gasteiger partial charge is 0.302 e. The molecule has 0 unspecified atom stereocenters. The average Bonchev–Trinajstić information content (AvgIpc) is 2.86. The molecular weight excluding hydrogens is 322 g/mol. The summed E-state index contributed by atoms with van der Waals surface area (Å²) in [6.45, 7) is 6.46. The average molecular weight is 350 g/mol. The summed E-state index contributed by atoms with van der Waals surface area (Å²) >= 11 is 0. The molecule has 132 valence electrons. The zero-order valence-electron chi connectivity index (χ0n) is 14.7. The van der Waals surface area contributed by atoms with Gasteiger partial charge in [0.15, 0.2) is 0 Å². The Bertz CT molecular complexity index is 831. The molecule has 2 N–H and O–H groups in total. The number of piperidine rings is 1. The summed E-state index contributed by atoms with van der Waals surface area (Å²) in [5.41, 5.74) is 3.07. The molecule has 1 fully saturated rings. The highest BCUT2D eigenvalue weighted by Crippen LogP contribution is 2.35. The molecule has 2 heterocycles. The maximum Gasteiger partial charge on any atom is 0.302 e. The number of aromatic nitrogens is 1. The molecule has 0 radical (unpaired) electrons. The predicted octanol–water partition coefficient (Wildman–Crippen LogP) is 2.70. The van der Waals surface area contributed by atoms with Crippen molar-refractivity contribution in [3.8, 4) is 0 Å². The molecule has 1 aliphatic heterocycles. The third-order valence-electron chi connectivity index (χ3n) is 4.94. The van der Waals surface area contributed by atoms with Crippen molar-refractivity contribution in [1.82, 2.24) is 8.87 Å². The Morgan fingerprint density at radius 1 is 1.25 bits per heavy atom. The molecule has 1 aliphatic rings. The van der Waals surface area contributed by atoms with Crippen LogP contribution in [0.2, 0.25) is 0 Å². The molecule has 0 saturated carbocycles. The van der Waals surface area contributed by atoms with Crippen LogP contribution in [0.15, 0.2) is 24.4 Å². The van der Waals surface area contributed by atoms with Gasteiger partial charge in [0.05, 0.1) is 5.52 Å². The van der Waals surface area contributed by atoms with Crippen LogP contribution in [-0.4, -0.2) is 37.4 Å². The summed E-state index contributed by atoms with van der Waals surface area (Å²) in [6.07, 6.45) is 4.84. The minimum atomic E-state index is -3.79. The van der Waals surface area contributed by atoms with Gasteiger partial charge in [-0.15, -0.1) is 0 Å². The van der Waals surface area contributed by atoms with Crippen molar-refractivity contribution in [3.05, 3.63) is 35.5 Å². The van der Waals surface area contributed by atoms with Gasteiger partial charge in [0.25, 0.3) is 0 Å². The van der Waals surface area contributed by atoms with E-state index in [1.165, 1.54) is 9.54 Å². The molecule has 0 amide bonds. The molecule has 3 rings (SSSR count). The standard InChI is InChI=1S/C18H27N3O2S/c1-13(2)10-14-4-5-18-16(11-14)17(12-21(18)24(19,22)23)15-6-8-20(3)9-7-15/h4-5,11-13,15H,6-10H2,1-3H3,(H2,19,22,23). The highest BCUT2D eigenvalue weighted by molar-refractivity contribution is 7.87. The third kappa shape index (κ3) is 3.50. The summed E-state index contributed by atoms with van der Waals surface area (Å²) in [5, 5.41) is 6.47. The van der Waals surface area contributed by atoms with Crippen LogP contribution in [0, 0.1) is 5.92 Å². The normalized spacial score (nSPS) is 17.9. The van der Waals surface area contributed by atoms with E-state index in [0.717, 1.165) is 43.3 Å². The maximum absolute atomic E-state index is 12.0. The minimum Gasteiger partial charge on any atom is -0.306 e. The Labute approximate surface area is 144 Å². The highest BCUT2D eigenvalue weighted by Gasteiger charge is 2.24. The first-order valence-corrected chi connectivity index (χ1v) is 10.1. The van der Waals surface area contributed by atoms with Gasteiger partial charge in [-0.1, -0.05) is 19.9 Å². The lowest BCUT2D eigenvalue weighted by Crippen LogP contribution is -2.29. The molecule has 6 heteroatoms. The highest BCUT2D eigenvalue weighted by atomic mass is 32.2. The number of benzene rings is 1. The van der Waals surface area contributed by atoms with Crippen LogP contribution in [0.3, 0.4) is 0 Å². The fourth-order valence-corrected chi connectivity index (χ4v) is 4.42. The van der Waals surface area contributed by atoms with Gasteiger partial charge in [0.1, 0.15) is 0 Å². The van der Waals surface area contributed by atoms with Gasteiger partial charge in [0, 0.05) is 11.6 Å². The van der Waals surface area contributed by atoms with Crippen molar-refractivity contribution in [3.63, 3.8) is 0 Å². The first-order chi connectivity index (χ1) is 11.3. The number of likely N-dealkylation sites (tertiary alicyclic amines) is 1. The lowest BCUT2D eigenvalue weighted by Gasteiger charge is -2.28. The van der Waals surface area contributed by atoms with Crippen LogP contribution in [0.25, 0.3) is 10.9 Å². The Morgan fingerprint density at radius 2 is 1.92 bits per heavy atom. The Hall–Kier alpha value is -1.37. The number of hydrogen-bond acceptors (Lipinski definition) is 3. The monoisotopic (exact) mass is 349 g/mol. The van der Waals surface area contributed by atoms with Gasteiger partial charge in [-0.3, -0.25) is 0 Å².